The summed E-state index contributed by atoms with van der Waals surface area (Å²) in [5.41, 5.74) is 2.43. The standard InChI is InChI=1S/C13H13BrN2O2/c14-12-3-9(4-15-5-12)8-1-10-6-16(13(17)18)7-11(10)2-8/h1,3-5,10-11H,2,6-7H2,(H,17,18). The van der Waals surface area contributed by atoms with Crippen molar-refractivity contribution < 1.29 is 9.90 Å². The fourth-order valence-electron chi connectivity index (χ4n) is 2.87. The van der Waals surface area contributed by atoms with E-state index in [9.17, 15) is 4.79 Å². The number of rotatable bonds is 1. The van der Waals surface area contributed by atoms with Crippen molar-refractivity contribution in [3.63, 3.8) is 0 Å². The summed E-state index contributed by atoms with van der Waals surface area (Å²) in [6.07, 6.45) is 6.01. The molecule has 2 heterocycles. The normalized spacial score (nSPS) is 26.1. The number of fused-ring (bicyclic) bond motifs is 1. The second-order valence-corrected chi connectivity index (χ2v) is 5.82. The Labute approximate surface area is 113 Å². The van der Waals surface area contributed by atoms with Crippen molar-refractivity contribution in [3.8, 4) is 0 Å². The molecule has 18 heavy (non-hydrogen) atoms. The third-order valence-corrected chi connectivity index (χ3v) is 4.17. The molecule has 3 rings (SSSR count). The van der Waals surface area contributed by atoms with E-state index in [4.69, 9.17) is 5.11 Å². The van der Waals surface area contributed by atoms with Crippen molar-refractivity contribution >= 4 is 27.6 Å². The molecule has 1 aromatic heterocycles. The fraction of sp³-hybridized carbons (Fsp3) is 0.385. The molecule has 1 N–H and O–H groups in total. The number of hydrogen-bond acceptors (Lipinski definition) is 2. The van der Waals surface area contributed by atoms with E-state index in [1.165, 1.54) is 10.5 Å². The lowest BCUT2D eigenvalue weighted by Crippen LogP contribution is -2.27. The maximum Gasteiger partial charge on any atom is 0.407 e. The Morgan fingerprint density at radius 3 is 2.94 bits per heavy atom. The van der Waals surface area contributed by atoms with Crippen LogP contribution in [0.5, 0.6) is 0 Å². The third kappa shape index (κ3) is 2.03. The number of hydrogen-bond donors (Lipinski definition) is 1. The van der Waals surface area contributed by atoms with Crippen molar-refractivity contribution in [2.24, 2.45) is 11.8 Å². The van der Waals surface area contributed by atoms with Crippen molar-refractivity contribution in [2.75, 3.05) is 13.1 Å². The molecule has 0 radical (unpaired) electrons. The highest BCUT2D eigenvalue weighted by molar-refractivity contribution is 9.10. The van der Waals surface area contributed by atoms with Crippen molar-refractivity contribution in [1.82, 2.24) is 9.88 Å². The molecule has 2 atom stereocenters. The zero-order valence-electron chi connectivity index (χ0n) is 9.71. The van der Waals surface area contributed by atoms with E-state index in [0.29, 0.717) is 24.9 Å². The van der Waals surface area contributed by atoms with Gasteiger partial charge in [0.15, 0.2) is 0 Å². The zero-order valence-corrected chi connectivity index (χ0v) is 11.3. The second-order valence-electron chi connectivity index (χ2n) is 4.90. The number of nitrogens with zero attached hydrogens (tertiary/aromatic N) is 2. The summed E-state index contributed by atoms with van der Waals surface area (Å²) < 4.78 is 0.977. The van der Waals surface area contributed by atoms with Crippen LogP contribution < -0.4 is 0 Å². The molecule has 2 unspecified atom stereocenters. The molecule has 2 aliphatic rings. The predicted octanol–water partition coefficient (Wildman–Crippen LogP) is 2.86. The van der Waals surface area contributed by atoms with E-state index in [1.807, 2.05) is 6.20 Å². The fourth-order valence-corrected chi connectivity index (χ4v) is 3.23. The lowest BCUT2D eigenvalue weighted by atomic mass is 9.99. The first-order valence-electron chi connectivity index (χ1n) is 5.93. The van der Waals surface area contributed by atoms with E-state index in [2.05, 4.69) is 33.1 Å². The largest absolute Gasteiger partial charge is 0.465 e. The molecule has 0 spiro atoms. The minimum Gasteiger partial charge on any atom is -0.465 e. The second kappa shape index (κ2) is 4.39. The van der Waals surface area contributed by atoms with Gasteiger partial charge in [-0.15, -0.1) is 0 Å². The van der Waals surface area contributed by atoms with Crippen LogP contribution in [0.3, 0.4) is 0 Å². The maximum absolute atomic E-state index is 10.9. The molecular formula is C13H13BrN2O2. The minimum atomic E-state index is -0.802. The molecular weight excluding hydrogens is 296 g/mol. The number of carbonyl (C=O) groups is 1. The van der Waals surface area contributed by atoms with E-state index in [-0.39, 0.29) is 0 Å². The quantitative estimate of drug-likeness (QED) is 0.868. The van der Waals surface area contributed by atoms with Crippen LogP contribution in [0.15, 0.2) is 29.0 Å². The van der Waals surface area contributed by atoms with Gasteiger partial charge in [-0.05, 0) is 51.4 Å². The first-order valence-corrected chi connectivity index (χ1v) is 6.72. The Kier molecular flexibility index (Phi) is 2.86. The van der Waals surface area contributed by atoms with Gasteiger partial charge in [-0.25, -0.2) is 4.79 Å². The Hall–Kier alpha value is -1.36. The van der Waals surface area contributed by atoms with Crippen molar-refractivity contribution in [3.05, 3.63) is 34.6 Å². The Morgan fingerprint density at radius 2 is 2.28 bits per heavy atom. The summed E-state index contributed by atoms with van der Waals surface area (Å²) in [4.78, 5) is 16.6. The van der Waals surface area contributed by atoms with Gasteiger partial charge in [0.1, 0.15) is 0 Å². The van der Waals surface area contributed by atoms with Crippen molar-refractivity contribution in [1.29, 1.82) is 0 Å². The molecule has 1 fully saturated rings. The first kappa shape index (κ1) is 11.7. The molecule has 1 aromatic rings. The van der Waals surface area contributed by atoms with Crippen LogP contribution in [-0.2, 0) is 0 Å². The summed E-state index contributed by atoms with van der Waals surface area (Å²) >= 11 is 3.42. The van der Waals surface area contributed by atoms with Gasteiger partial charge < -0.3 is 10.0 Å². The van der Waals surface area contributed by atoms with Crippen LogP contribution in [0.1, 0.15) is 12.0 Å². The minimum absolute atomic E-state index is 0.370. The number of allylic oxidation sites excluding steroid dienone is 1. The molecule has 5 heteroatoms. The lowest BCUT2D eigenvalue weighted by Gasteiger charge is -2.12. The molecule has 0 aromatic carbocycles. The molecule has 0 bridgehead atoms. The van der Waals surface area contributed by atoms with Gasteiger partial charge in [0.05, 0.1) is 0 Å². The van der Waals surface area contributed by atoms with Crippen LogP contribution in [0, 0.1) is 11.8 Å². The van der Waals surface area contributed by atoms with E-state index in [0.717, 1.165) is 16.5 Å². The molecule has 1 saturated heterocycles. The van der Waals surface area contributed by atoms with Gasteiger partial charge in [-0.3, -0.25) is 4.98 Å². The molecule has 1 amide bonds. The van der Waals surface area contributed by atoms with Gasteiger partial charge in [0.2, 0.25) is 0 Å². The monoisotopic (exact) mass is 308 g/mol. The van der Waals surface area contributed by atoms with E-state index < -0.39 is 6.09 Å². The maximum atomic E-state index is 10.9. The van der Waals surface area contributed by atoms with Crippen LogP contribution in [0.2, 0.25) is 0 Å². The number of amides is 1. The lowest BCUT2D eigenvalue weighted by molar-refractivity contribution is 0.153. The molecule has 4 nitrogen and oxygen atoms in total. The highest BCUT2D eigenvalue weighted by atomic mass is 79.9. The highest BCUT2D eigenvalue weighted by Gasteiger charge is 2.38. The number of carboxylic acid groups (broad SMARTS) is 1. The van der Waals surface area contributed by atoms with Crippen LogP contribution in [0.25, 0.3) is 5.57 Å². The number of likely N-dealkylation sites (tertiary alicyclic amines) is 1. The number of aromatic nitrogens is 1. The Balaban J connectivity index is 1.79. The SMILES string of the molecule is O=C(O)N1CC2C=C(c3cncc(Br)c3)CC2C1. The molecule has 1 aliphatic heterocycles. The topological polar surface area (TPSA) is 53.4 Å². The summed E-state index contributed by atoms with van der Waals surface area (Å²) in [5.74, 6) is 0.810. The predicted molar refractivity (Wildman–Crippen MR) is 71.1 cm³/mol. The number of halogens is 1. The van der Waals surface area contributed by atoms with Crippen LogP contribution in [0.4, 0.5) is 4.79 Å². The number of pyridine rings is 1. The highest BCUT2D eigenvalue weighted by Crippen LogP contribution is 2.41. The molecule has 0 saturated carbocycles. The molecule has 1 aliphatic carbocycles. The summed E-state index contributed by atoms with van der Waals surface area (Å²) in [7, 11) is 0. The Bertz CT molecular complexity index is 529. The average molecular weight is 309 g/mol. The van der Waals surface area contributed by atoms with Gasteiger partial charge in [-0.1, -0.05) is 6.08 Å². The summed E-state index contributed by atoms with van der Waals surface area (Å²) in [5, 5.41) is 8.98. The van der Waals surface area contributed by atoms with Crippen LogP contribution in [-0.4, -0.2) is 34.2 Å². The first-order chi connectivity index (χ1) is 8.63. The van der Waals surface area contributed by atoms with Gasteiger partial charge in [-0.2, -0.15) is 0 Å². The van der Waals surface area contributed by atoms with E-state index >= 15 is 0 Å². The van der Waals surface area contributed by atoms with Gasteiger partial charge in [0.25, 0.3) is 0 Å². The van der Waals surface area contributed by atoms with E-state index in [1.54, 1.807) is 6.20 Å². The summed E-state index contributed by atoms with van der Waals surface area (Å²) in [6.45, 7) is 1.28. The zero-order chi connectivity index (χ0) is 12.7. The van der Waals surface area contributed by atoms with Gasteiger partial charge >= 0.3 is 6.09 Å². The van der Waals surface area contributed by atoms with Crippen LogP contribution >= 0.6 is 15.9 Å². The van der Waals surface area contributed by atoms with Crippen molar-refractivity contribution in [2.45, 2.75) is 6.42 Å². The van der Waals surface area contributed by atoms with Gasteiger partial charge in [0, 0.05) is 30.0 Å². The summed E-state index contributed by atoms with van der Waals surface area (Å²) in [6, 6.07) is 2.06. The molecule has 94 valence electrons. The smallest absolute Gasteiger partial charge is 0.407 e. The Morgan fingerprint density at radius 1 is 1.44 bits per heavy atom. The third-order valence-electron chi connectivity index (χ3n) is 3.74. The average Bonchev–Trinajstić information content (AvgIpc) is 2.86.